The first-order valence-electron chi connectivity index (χ1n) is 6.53. The number of aromatic nitrogens is 2. The third-order valence-corrected chi connectivity index (χ3v) is 3.27. The maximum atomic E-state index is 5.81. The van der Waals surface area contributed by atoms with E-state index >= 15 is 0 Å². The van der Waals surface area contributed by atoms with Crippen molar-refractivity contribution in [3.8, 4) is 11.5 Å². The Hall–Kier alpha value is -1.40. The number of hydrogen-bond donors (Lipinski definition) is 1. The van der Waals surface area contributed by atoms with E-state index in [2.05, 4.69) is 39.9 Å². The van der Waals surface area contributed by atoms with Gasteiger partial charge in [-0.1, -0.05) is 34.9 Å². The first kappa shape index (κ1) is 15.0. The molecule has 2 rings (SSSR count). The van der Waals surface area contributed by atoms with Gasteiger partial charge in [0, 0.05) is 22.3 Å². The van der Waals surface area contributed by atoms with Gasteiger partial charge in [0.05, 0.1) is 0 Å². The molecule has 2 aromatic rings. The predicted molar refractivity (Wildman–Crippen MR) is 81.1 cm³/mol. The second kappa shape index (κ2) is 6.37. The number of anilines is 1. The molecule has 6 heteroatoms. The molecule has 0 aliphatic heterocycles. The number of nitrogens with zero attached hydrogens (tertiary/aromatic N) is 2. The molecule has 0 saturated carbocycles. The Kier molecular flexibility index (Phi) is 4.77. The smallest absolute Gasteiger partial charge is 0.258 e. The highest BCUT2D eigenvalue weighted by Crippen LogP contribution is 2.28. The third-order valence-electron chi connectivity index (χ3n) is 2.82. The maximum absolute atomic E-state index is 5.81. The molecule has 2 N–H and O–H groups in total. The summed E-state index contributed by atoms with van der Waals surface area (Å²) < 4.78 is 11.9. The van der Waals surface area contributed by atoms with Crippen molar-refractivity contribution in [2.24, 2.45) is 5.92 Å². The van der Waals surface area contributed by atoms with Gasteiger partial charge in [0.25, 0.3) is 5.89 Å². The van der Waals surface area contributed by atoms with E-state index in [9.17, 15) is 0 Å². The molecule has 0 saturated heterocycles. The van der Waals surface area contributed by atoms with Crippen molar-refractivity contribution in [2.75, 3.05) is 12.3 Å². The van der Waals surface area contributed by atoms with E-state index < -0.39 is 0 Å². The number of ether oxygens (including phenoxy) is 1. The minimum atomic E-state index is -0.165. The lowest BCUT2D eigenvalue weighted by atomic mass is 10.1. The van der Waals surface area contributed by atoms with Gasteiger partial charge in [-0.3, -0.25) is 0 Å². The van der Waals surface area contributed by atoms with Crippen molar-refractivity contribution in [1.29, 1.82) is 0 Å². The quantitative estimate of drug-likeness (QED) is 0.838. The van der Waals surface area contributed by atoms with Crippen molar-refractivity contribution in [3.63, 3.8) is 0 Å². The highest BCUT2D eigenvalue weighted by atomic mass is 79.9. The van der Waals surface area contributed by atoms with Crippen LogP contribution in [0.3, 0.4) is 0 Å². The van der Waals surface area contributed by atoms with Crippen LogP contribution in [0.1, 0.15) is 32.7 Å². The molecule has 0 bridgehead atoms. The molecule has 0 aliphatic carbocycles. The fourth-order valence-corrected chi connectivity index (χ4v) is 2.46. The molecule has 0 spiro atoms. The molecule has 0 radical (unpaired) electrons. The predicted octanol–water partition coefficient (Wildman–Crippen LogP) is 3.81. The van der Waals surface area contributed by atoms with Crippen molar-refractivity contribution in [3.05, 3.63) is 28.5 Å². The van der Waals surface area contributed by atoms with E-state index in [-0.39, 0.29) is 12.0 Å². The van der Waals surface area contributed by atoms with Gasteiger partial charge in [-0.05, 0) is 31.0 Å². The molecule has 5 nitrogen and oxygen atoms in total. The van der Waals surface area contributed by atoms with Gasteiger partial charge >= 0.3 is 0 Å². The molecule has 1 aromatic carbocycles. The van der Waals surface area contributed by atoms with Crippen LogP contribution < -0.4 is 5.73 Å². The molecular weight excluding hydrogens is 322 g/mol. The monoisotopic (exact) mass is 339 g/mol. The zero-order valence-corrected chi connectivity index (χ0v) is 13.3. The summed E-state index contributed by atoms with van der Waals surface area (Å²) in [6.07, 6.45) is -0.165. The maximum Gasteiger partial charge on any atom is 0.258 e. The van der Waals surface area contributed by atoms with Gasteiger partial charge in [-0.2, -0.15) is 4.98 Å². The van der Waals surface area contributed by atoms with Gasteiger partial charge in [0.1, 0.15) is 6.10 Å². The lowest BCUT2D eigenvalue weighted by Gasteiger charge is -2.16. The second-order valence-electron chi connectivity index (χ2n) is 4.85. The van der Waals surface area contributed by atoms with Crippen LogP contribution in [-0.4, -0.2) is 16.7 Å². The zero-order valence-electron chi connectivity index (χ0n) is 11.8. The minimum Gasteiger partial charge on any atom is -0.399 e. The average Bonchev–Trinajstić information content (AvgIpc) is 2.83. The van der Waals surface area contributed by atoms with Gasteiger partial charge < -0.3 is 15.0 Å². The van der Waals surface area contributed by atoms with E-state index in [4.69, 9.17) is 15.0 Å². The normalized spacial score (nSPS) is 12.8. The van der Waals surface area contributed by atoms with Crippen LogP contribution in [0.2, 0.25) is 0 Å². The Morgan fingerprint density at radius 3 is 2.70 bits per heavy atom. The number of nitrogens with two attached hydrogens (primary N) is 1. The summed E-state index contributed by atoms with van der Waals surface area (Å²) in [5.41, 5.74) is 7.24. The Labute approximate surface area is 126 Å². The summed E-state index contributed by atoms with van der Waals surface area (Å²) in [4.78, 5) is 4.42. The minimum absolute atomic E-state index is 0.165. The largest absolute Gasteiger partial charge is 0.399 e. The Morgan fingerprint density at radius 2 is 2.10 bits per heavy atom. The molecule has 1 heterocycles. The van der Waals surface area contributed by atoms with Gasteiger partial charge in [0.2, 0.25) is 5.82 Å². The van der Waals surface area contributed by atoms with Crippen LogP contribution in [0.15, 0.2) is 27.2 Å². The summed E-state index contributed by atoms with van der Waals surface area (Å²) in [6, 6.07) is 5.50. The molecule has 1 aromatic heterocycles. The Morgan fingerprint density at radius 1 is 1.35 bits per heavy atom. The van der Waals surface area contributed by atoms with Crippen LogP contribution >= 0.6 is 15.9 Å². The number of rotatable bonds is 5. The summed E-state index contributed by atoms with van der Waals surface area (Å²) in [6.45, 7) is 6.68. The van der Waals surface area contributed by atoms with Crippen LogP contribution in [-0.2, 0) is 4.74 Å². The first-order chi connectivity index (χ1) is 9.51. The first-order valence-corrected chi connectivity index (χ1v) is 7.32. The Balaban J connectivity index is 2.32. The molecular formula is C14H18BrN3O2. The van der Waals surface area contributed by atoms with Crippen LogP contribution in [0.25, 0.3) is 11.5 Å². The molecule has 1 unspecified atom stereocenters. The standard InChI is InChI=1S/C14H18BrN3O2/c1-4-19-12(8(2)3)13-17-14(20-18-13)9-5-10(15)7-11(16)6-9/h5-8,12H,4,16H2,1-3H3. The van der Waals surface area contributed by atoms with Gasteiger partial charge in [-0.15, -0.1) is 0 Å². The molecule has 108 valence electrons. The fraction of sp³-hybridized carbons (Fsp3) is 0.429. The van der Waals surface area contributed by atoms with Crippen molar-refractivity contribution >= 4 is 21.6 Å². The van der Waals surface area contributed by atoms with Crippen molar-refractivity contribution in [2.45, 2.75) is 26.9 Å². The average molecular weight is 340 g/mol. The SMILES string of the molecule is CCOC(c1noc(-c2cc(N)cc(Br)c2)n1)C(C)C. The molecule has 20 heavy (non-hydrogen) atoms. The lowest BCUT2D eigenvalue weighted by Crippen LogP contribution is -2.12. The number of hydrogen-bond acceptors (Lipinski definition) is 5. The van der Waals surface area contributed by atoms with E-state index in [0.29, 0.717) is 24.0 Å². The number of nitrogen functional groups attached to an aromatic ring is 1. The second-order valence-corrected chi connectivity index (χ2v) is 5.77. The zero-order chi connectivity index (χ0) is 14.7. The van der Waals surface area contributed by atoms with E-state index in [1.807, 2.05) is 19.1 Å². The van der Waals surface area contributed by atoms with Gasteiger partial charge in [-0.25, -0.2) is 0 Å². The summed E-state index contributed by atoms with van der Waals surface area (Å²) >= 11 is 3.40. The lowest BCUT2D eigenvalue weighted by molar-refractivity contribution is 0.0217. The van der Waals surface area contributed by atoms with Crippen LogP contribution in [0, 0.1) is 5.92 Å². The number of halogens is 1. The highest BCUT2D eigenvalue weighted by molar-refractivity contribution is 9.10. The molecule has 1 atom stereocenters. The third kappa shape index (κ3) is 3.37. The van der Waals surface area contributed by atoms with Gasteiger partial charge in [0.15, 0.2) is 0 Å². The van der Waals surface area contributed by atoms with Crippen molar-refractivity contribution in [1.82, 2.24) is 10.1 Å². The van der Waals surface area contributed by atoms with Crippen LogP contribution in [0.4, 0.5) is 5.69 Å². The topological polar surface area (TPSA) is 74.2 Å². The highest BCUT2D eigenvalue weighted by Gasteiger charge is 2.22. The van der Waals surface area contributed by atoms with E-state index in [0.717, 1.165) is 10.0 Å². The van der Waals surface area contributed by atoms with Crippen molar-refractivity contribution < 1.29 is 9.26 Å². The summed E-state index contributed by atoms with van der Waals surface area (Å²) in [5, 5.41) is 4.02. The van der Waals surface area contributed by atoms with E-state index in [1.165, 1.54) is 0 Å². The summed E-state index contributed by atoms with van der Waals surface area (Å²) in [5.74, 6) is 1.28. The molecule has 0 fully saturated rings. The summed E-state index contributed by atoms with van der Waals surface area (Å²) in [7, 11) is 0. The Bertz CT molecular complexity index is 563. The van der Waals surface area contributed by atoms with E-state index in [1.54, 1.807) is 6.07 Å². The molecule has 0 amide bonds. The fourth-order valence-electron chi connectivity index (χ4n) is 1.95. The number of benzene rings is 1. The van der Waals surface area contributed by atoms with Crippen LogP contribution in [0.5, 0.6) is 0 Å². The molecule has 0 aliphatic rings.